The van der Waals surface area contributed by atoms with Gasteiger partial charge in [-0.2, -0.15) is 0 Å². The molecule has 0 spiro atoms. The van der Waals surface area contributed by atoms with Gasteiger partial charge >= 0.3 is 12.1 Å². The predicted octanol–water partition coefficient (Wildman–Crippen LogP) is 4.65. The third-order valence-electron chi connectivity index (χ3n) is 7.35. The summed E-state index contributed by atoms with van der Waals surface area (Å²) in [5.74, 6) is -0.764. The van der Waals surface area contributed by atoms with Gasteiger partial charge in [0.05, 0.1) is 5.41 Å². The van der Waals surface area contributed by atoms with Gasteiger partial charge < -0.3 is 20.1 Å². The van der Waals surface area contributed by atoms with Crippen molar-refractivity contribution in [3.8, 4) is 11.1 Å². The van der Waals surface area contributed by atoms with Crippen LogP contribution in [-0.4, -0.2) is 54.2 Å². The maximum Gasteiger partial charge on any atom is 0.407 e. The Labute approximate surface area is 206 Å². The van der Waals surface area contributed by atoms with E-state index < -0.39 is 17.5 Å². The highest BCUT2D eigenvalue weighted by Gasteiger charge is 2.39. The van der Waals surface area contributed by atoms with Gasteiger partial charge in [-0.05, 0) is 54.4 Å². The molecular formula is C28H34N2O5. The van der Waals surface area contributed by atoms with E-state index >= 15 is 0 Å². The molecule has 0 aromatic heterocycles. The topological polar surface area (TPSA) is 95.9 Å². The molecule has 2 aromatic carbocycles. The smallest absolute Gasteiger partial charge is 0.407 e. The maximum absolute atomic E-state index is 12.6. The van der Waals surface area contributed by atoms with E-state index in [1.807, 2.05) is 31.2 Å². The van der Waals surface area contributed by atoms with Crippen LogP contribution in [0.25, 0.3) is 11.1 Å². The van der Waals surface area contributed by atoms with Crippen LogP contribution in [0.1, 0.15) is 56.6 Å². The summed E-state index contributed by atoms with van der Waals surface area (Å²) < 4.78 is 5.58. The average Bonchev–Trinajstić information content (AvgIpc) is 3.18. The zero-order valence-electron chi connectivity index (χ0n) is 20.5. The van der Waals surface area contributed by atoms with Crippen molar-refractivity contribution in [3.63, 3.8) is 0 Å². The Bertz CT molecular complexity index is 1050. The lowest BCUT2D eigenvalue weighted by molar-refractivity contribution is -0.153. The minimum Gasteiger partial charge on any atom is -0.481 e. The van der Waals surface area contributed by atoms with Crippen LogP contribution >= 0.6 is 0 Å². The van der Waals surface area contributed by atoms with Crippen LogP contribution in [0, 0.1) is 11.3 Å². The molecule has 1 aliphatic heterocycles. The number of carboxylic acid groups (broad SMARTS) is 1. The fraction of sp³-hybridized carbons (Fsp3) is 0.464. The van der Waals surface area contributed by atoms with Crippen molar-refractivity contribution in [3.05, 3.63) is 59.7 Å². The minimum atomic E-state index is -0.870. The van der Waals surface area contributed by atoms with Gasteiger partial charge in [-0.15, -0.1) is 0 Å². The van der Waals surface area contributed by atoms with Gasteiger partial charge in [0.15, 0.2) is 0 Å². The van der Waals surface area contributed by atoms with Crippen molar-refractivity contribution >= 4 is 18.0 Å². The third-order valence-corrected chi connectivity index (χ3v) is 7.35. The fourth-order valence-electron chi connectivity index (χ4n) is 5.16. The number of alkyl carbamates (subject to hydrolysis) is 1. The van der Waals surface area contributed by atoms with E-state index in [0.29, 0.717) is 38.8 Å². The number of ether oxygens (including phenoxy) is 1. The number of likely N-dealkylation sites (tertiary alicyclic amines) is 1. The summed E-state index contributed by atoms with van der Waals surface area (Å²) in [5, 5.41) is 12.3. The van der Waals surface area contributed by atoms with Gasteiger partial charge in [0.1, 0.15) is 6.61 Å². The second kappa shape index (κ2) is 10.5. The number of amides is 2. The van der Waals surface area contributed by atoms with Crippen LogP contribution in [0.2, 0.25) is 0 Å². The Hall–Kier alpha value is -3.35. The highest BCUT2D eigenvalue weighted by atomic mass is 16.5. The zero-order chi connectivity index (χ0) is 25.0. The number of rotatable bonds is 8. The highest BCUT2D eigenvalue weighted by molar-refractivity contribution is 5.80. The first-order chi connectivity index (χ1) is 16.8. The Morgan fingerprint density at radius 1 is 1.11 bits per heavy atom. The Kier molecular flexibility index (Phi) is 7.43. The first-order valence-corrected chi connectivity index (χ1v) is 12.4. The summed E-state index contributed by atoms with van der Waals surface area (Å²) >= 11 is 0. The first kappa shape index (κ1) is 24.8. The molecule has 1 saturated heterocycles. The molecule has 2 unspecified atom stereocenters. The predicted molar refractivity (Wildman–Crippen MR) is 133 cm³/mol. The van der Waals surface area contributed by atoms with E-state index in [-0.39, 0.29) is 30.9 Å². The number of nitrogens with one attached hydrogen (secondary N) is 1. The van der Waals surface area contributed by atoms with Crippen molar-refractivity contribution in [2.24, 2.45) is 11.3 Å². The Morgan fingerprint density at radius 2 is 1.74 bits per heavy atom. The highest BCUT2D eigenvalue weighted by Crippen LogP contribution is 2.44. The molecule has 0 radical (unpaired) electrons. The SMILES string of the molecule is CC(CCC(=O)N1CCCC(C)(C(=O)O)C1)CNC(=O)OCC1c2ccccc2-c2ccccc21. The number of benzene rings is 2. The van der Waals surface area contributed by atoms with Crippen molar-refractivity contribution in [2.45, 2.75) is 45.4 Å². The van der Waals surface area contributed by atoms with E-state index in [4.69, 9.17) is 4.74 Å². The van der Waals surface area contributed by atoms with Crippen molar-refractivity contribution in [1.82, 2.24) is 10.2 Å². The van der Waals surface area contributed by atoms with E-state index in [9.17, 15) is 19.5 Å². The van der Waals surface area contributed by atoms with E-state index in [1.165, 1.54) is 22.3 Å². The molecule has 1 aliphatic carbocycles. The summed E-state index contributed by atoms with van der Waals surface area (Å²) in [6, 6.07) is 16.4. The van der Waals surface area contributed by atoms with Crippen LogP contribution in [-0.2, 0) is 14.3 Å². The molecule has 186 valence electrons. The minimum absolute atomic E-state index is 0.0178. The van der Waals surface area contributed by atoms with Crippen molar-refractivity contribution in [2.75, 3.05) is 26.2 Å². The molecule has 7 nitrogen and oxygen atoms in total. The molecule has 2 N–H and O–H groups in total. The molecule has 2 amide bonds. The normalized spacial score (nSPS) is 20.0. The molecule has 2 aromatic rings. The van der Waals surface area contributed by atoms with Crippen molar-refractivity contribution < 1.29 is 24.2 Å². The monoisotopic (exact) mass is 478 g/mol. The summed E-state index contributed by atoms with van der Waals surface area (Å²) in [7, 11) is 0. The van der Waals surface area contributed by atoms with E-state index in [1.54, 1.807) is 11.8 Å². The Balaban J connectivity index is 1.21. The first-order valence-electron chi connectivity index (χ1n) is 12.4. The van der Waals surface area contributed by atoms with Crippen molar-refractivity contribution in [1.29, 1.82) is 0 Å². The molecule has 35 heavy (non-hydrogen) atoms. The number of fused-ring (bicyclic) bond motifs is 3. The number of carbonyl (C=O) groups is 3. The fourth-order valence-corrected chi connectivity index (χ4v) is 5.16. The van der Waals surface area contributed by atoms with Crippen LogP contribution in [0.3, 0.4) is 0 Å². The Morgan fingerprint density at radius 3 is 2.37 bits per heavy atom. The summed E-state index contributed by atoms with van der Waals surface area (Å²) in [4.78, 5) is 38.2. The quantitative estimate of drug-likeness (QED) is 0.576. The van der Waals surface area contributed by atoms with Crippen LogP contribution in [0.15, 0.2) is 48.5 Å². The van der Waals surface area contributed by atoms with Gasteiger partial charge in [-0.25, -0.2) is 4.79 Å². The van der Waals surface area contributed by atoms with Crippen LogP contribution in [0.5, 0.6) is 0 Å². The number of carboxylic acids is 1. The number of carbonyl (C=O) groups excluding carboxylic acids is 2. The molecule has 1 fully saturated rings. The van der Waals surface area contributed by atoms with Gasteiger partial charge in [-0.1, -0.05) is 55.5 Å². The molecule has 0 saturated carbocycles. The molecule has 0 bridgehead atoms. The van der Waals surface area contributed by atoms with Crippen LogP contribution in [0.4, 0.5) is 4.79 Å². The lowest BCUT2D eigenvalue weighted by Crippen LogP contribution is -2.48. The zero-order valence-corrected chi connectivity index (χ0v) is 20.5. The third kappa shape index (κ3) is 5.50. The number of aliphatic carboxylic acids is 1. The standard InChI is InChI=1S/C28H34N2O5/c1-19(12-13-25(31)30-15-7-14-28(2,18-30)26(32)33)16-29-27(34)35-17-24-22-10-5-3-8-20(22)21-9-4-6-11-23(21)24/h3-6,8-11,19,24H,7,12-18H2,1-2H3,(H,29,34)(H,32,33). The van der Waals surface area contributed by atoms with Gasteiger partial charge in [0.2, 0.25) is 5.91 Å². The number of piperidine rings is 1. The number of nitrogens with zero attached hydrogens (tertiary/aromatic N) is 1. The second-order valence-corrected chi connectivity index (χ2v) is 10.1. The van der Waals surface area contributed by atoms with Crippen LogP contribution < -0.4 is 5.32 Å². The molecule has 1 heterocycles. The molecule has 4 rings (SSSR count). The van der Waals surface area contributed by atoms with E-state index in [0.717, 1.165) is 0 Å². The number of hydrogen-bond donors (Lipinski definition) is 2. The molecular weight excluding hydrogens is 444 g/mol. The summed E-state index contributed by atoms with van der Waals surface area (Å²) in [6.45, 7) is 5.23. The molecule has 2 atom stereocenters. The summed E-state index contributed by atoms with van der Waals surface area (Å²) in [6.07, 6.45) is 1.78. The molecule has 2 aliphatic rings. The number of hydrogen-bond acceptors (Lipinski definition) is 4. The molecule has 7 heteroatoms. The lowest BCUT2D eigenvalue weighted by atomic mass is 9.82. The van der Waals surface area contributed by atoms with E-state index in [2.05, 4.69) is 29.6 Å². The lowest BCUT2D eigenvalue weighted by Gasteiger charge is -2.37. The van der Waals surface area contributed by atoms with Gasteiger partial charge in [0, 0.05) is 32.0 Å². The largest absolute Gasteiger partial charge is 0.481 e. The second-order valence-electron chi connectivity index (χ2n) is 10.1. The average molecular weight is 479 g/mol. The van der Waals surface area contributed by atoms with Gasteiger partial charge in [0.25, 0.3) is 0 Å². The summed E-state index contributed by atoms with van der Waals surface area (Å²) in [5.41, 5.74) is 3.85. The maximum atomic E-state index is 12.6. The van der Waals surface area contributed by atoms with Gasteiger partial charge in [-0.3, -0.25) is 9.59 Å².